The molecule has 0 amide bonds. The highest BCUT2D eigenvalue weighted by molar-refractivity contribution is 6.25. The minimum absolute atomic E-state index is 0.0345. The van der Waals surface area contributed by atoms with Crippen LogP contribution in [-0.4, -0.2) is 0 Å². The predicted octanol–water partition coefficient (Wildman–Crippen LogP) is 28.0. The van der Waals surface area contributed by atoms with Crippen LogP contribution in [0.4, 0.5) is 0 Å². The summed E-state index contributed by atoms with van der Waals surface area (Å²) in [6.07, 6.45) is 2.25. The Morgan fingerprint density at radius 3 is 1.03 bits per heavy atom. The average Bonchev–Trinajstić information content (AvgIpc) is 0.878. The Labute approximate surface area is 550 Å². The molecule has 0 spiro atoms. The van der Waals surface area contributed by atoms with Gasteiger partial charge in [0.25, 0.3) is 0 Å². The van der Waals surface area contributed by atoms with Gasteiger partial charge in [0.15, 0.2) is 0 Å². The highest BCUT2D eigenvalue weighted by Gasteiger charge is 2.25. The molecule has 0 bridgehead atoms. The Hall–Kier alpha value is -9.62. The summed E-state index contributed by atoms with van der Waals surface area (Å²) in [6, 6.07) is 98.8. The minimum Gasteiger partial charge on any atom is -0.0955 e. The van der Waals surface area contributed by atoms with Crippen molar-refractivity contribution < 1.29 is 0 Å². The van der Waals surface area contributed by atoms with Gasteiger partial charge < -0.3 is 0 Å². The summed E-state index contributed by atoms with van der Waals surface area (Å²) in [5.74, 6) is 0. The third-order valence-electron chi connectivity index (χ3n) is 17.6. The molecule has 460 valence electrons. The van der Waals surface area contributed by atoms with E-state index in [0.29, 0.717) is 0 Å². The van der Waals surface area contributed by atoms with E-state index in [-0.39, 0.29) is 10.8 Å². The number of fused-ring (bicyclic) bond motifs is 6. The minimum atomic E-state index is 0.0345. The summed E-state index contributed by atoms with van der Waals surface area (Å²) in [7, 11) is 0. The third-order valence-corrected chi connectivity index (χ3v) is 17.6. The van der Waals surface area contributed by atoms with Gasteiger partial charge in [-0.3, -0.25) is 0 Å². The first kappa shape index (κ1) is 65.3. The lowest BCUT2D eigenvalue weighted by Gasteiger charge is -2.25. The predicted molar refractivity (Wildman–Crippen MR) is 411 cm³/mol. The molecule has 0 saturated carbocycles. The van der Waals surface area contributed by atoms with E-state index in [1.807, 2.05) is 27.7 Å². The number of allylic oxidation sites excluding steroid dienone is 1. The quantitative estimate of drug-likeness (QED) is 0.133. The van der Waals surface area contributed by atoms with Crippen LogP contribution in [0, 0.1) is 0 Å². The van der Waals surface area contributed by atoms with Crippen LogP contribution in [0.15, 0.2) is 273 Å². The zero-order valence-electron chi connectivity index (χ0n) is 57.0. The van der Waals surface area contributed by atoms with Crippen molar-refractivity contribution >= 4 is 70.2 Å². The Morgan fingerprint density at radius 2 is 0.620 bits per heavy atom. The molecule has 0 radical (unpaired) electrons. The van der Waals surface area contributed by atoms with Crippen LogP contribution >= 0.6 is 0 Å². The van der Waals surface area contributed by atoms with Gasteiger partial charge in [0.05, 0.1) is 0 Å². The number of hydrogen-bond acceptors (Lipinski definition) is 0. The van der Waals surface area contributed by atoms with E-state index < -0.39 is 0 Å². The maximum Gasteiger partial charge on any atom is -0.00200 e. The van der Waals surface area contributed by atoms with Crippen LogP contribution in [0.2, 0.25) is 0 Å². The molecule has 0 heterocycles. The van der Waals surface area contributed by atoms with Gasteiger partial charge >= 0.3 is 0 Å². The van der Waals surface area contributed by atoms with Crippen LogP contribution in [-0.2, 0) is 17.3 Å². The molecule has 0 nitrogen and oxygen atoms in total. The monoisotopic (exact) mass is 1200 g/mol. The largest absolute Gasteiger partial charge is 0.0955 e. The average molecular weight is 1200 g/mol. The molecule has 14 aromatic rings. The van der Waals surface area contributed by atoms with Gasteiger partial charge in [0.1, 0.15) is 0 Å². The van der Waals surface area contributed by atoms with Crippen molar-refractivity contribution in [2.75, 3.05) is 0 Å². The summed E-state index contributed by atoms with van der Waals surface area (Å²) in [4.78, 5) is 0. The Morgan fingerprint density at radius 1 is 0.293 bits per heavy atom. The standard InChI is InChI=1S/C44H40.C41H32.C3H8.2C2H6/c1-43(2,3)33-24-26-38-39(27-33)41(32-21-19-30(20-22-32)29-13-8-7-9-14-29)37-25-23-34(44(4,5)6)28-40(37)42(38)36-18-12-16-31-15-10-11-17-35(31)36;1-4-28-17-23-36-38(25-28)41(35-16-10-14-31-13-8-9-15-34(31)35)37-24-22-33(27(2)3)26-39(37)40(36)32-20-18-30(19-21-32)29-11-6-5-7-12-29;1-3-2;2*1-2/h7-28H,1-6H3;5-26H,2,4H2,1,3H3;3H2,1-2H3;2*1-2H3. The zero-order chi connectivity index (χ0) is 65.3. The van der Waals surface area contributed by atoms with Crippen molar-refractivity contribution in [2.45, 2.75) is 121 Å². The van der Waals surface area contributed by atoms with Crippen molar-refractivity contribution in [3.8, 4) is 66.8 Å². The highest BCUT2D eigenvalue weighted by atomic mass is 14.3. The van der Waals surface area contributed by atoms with Crippen molar-refractivity contribution in [3.63, 3.8) is 0 Å². The summed E-state index contributed by atoms with van der Waals surface area (Å²) < 4.78 is 0. The van der Waals surface area contributed by atoms with Gasteiger partial charge in [-0.2, -0.15) is 0 Å². The Kier molecular flexibility index (Phi) is 20.4. The molecule has 0 saturated heterocycles. The highest BCUT2D eigenvalue weighted by Crippen LogP contribution is 2.49. The van der Waals surface area contributed by atoms with Gasteiger partial charge in [-0.15, -0.1) is 0 Å². The lowest BCUT2D eigenvalue weighted by atomic mass is 9.79. The van der Waals surface area contributed by atoms with Crippen LogP contribution in [0.1, 0.15) is 126 Å². The number of hydrogen-bond donors (Lipinski definition) is 0. The van der Waals surface area contributed by atoms with E-state index in [1.54, 1.807) is 0 Å². The fraction of sp³-hybridized carbons (Fsp3) is 0.196. The summed E-state index contributed by atoms with van der Waals surface area (Å²) in [5, 5.41) is 15.4. The second kappa shape index (κ2) is 28.7. The molecular formula is C92H92. The van der Waals surface area contributed by atoms with Crippen LogP contribution in [0.25, 0.3) is 137 Å². The molecule has 92 heavy (non-hydrogen) atoms. The van der Waals surface area contributed by atoms with Crippen LogP contribution < -0.4 is 0 Å². The van der Waals surface area contributed by atoms with E-state index in [0.717, 1.165) is 12.0 Å². The Balaban J connectivity index is 0.000000184. The first-order valence-corrected chi connectivity index (χ1v) is 33.6. The van der Waals surface area contributed by atoms with Crippen molar-refractivity contribution in [2.24, 2.45) is 0 Å². The first-order chi connectivity index (χ1) is 44.6. The molecule has 14 rings (SSSR count). The molecular weight excluding hydrogens is 1110 g/mol. The fourth-order valence-electron chi connectivity index (χ4n) is 12.9. The second-order valence-corrected chi connectivity index (χ2v) is 25.9. The molecule has 0 aliphatic rings. The molecule has 0 aliphatic carbocycles. The van der Waals surface area contributed by atoms with Crippen molar-refractivity contribution in [3.05, 3.63) is 296 Å². The van der Waals surface area contributed by atoms with E-state index in [9.17, 15) is 0 Å². The summed E-state index contributed by atoms with van der Waals surface area (Å²) >= 11 is 0. The lowest BCUT2D eigenvalue weighted by molar-refractivity contribution is 0.590. The normalized spacial score (nSPS) is 11.3. The third kappa shape index (κ3) is 13.4. The van der Waals surface area contributed by atoms with Gasteiger partial charge in [-0.25, -0.2) is 0 Å². The maximum absolute atomic E-state index is 4.29. The SMILES string of the molecule is C=C(C)c1ccc2c(-c3cccc4ccccc34)c3cc(CC)ccc3c(-c3ccc(-c4ccccc4)cc3)c2c1.CC.CC.CC(C)(C)c1ccc2c(-c3cccc4ccccc34)c3cc(C(C)(C)C)ccc3c(-c3ccc(-c4ccccc4)cc3)c2c1.CCC. The Bertz CT molecular complexity index is 4860. The van der Waals surface area contributed by atoms with Crippen molar-refractivity contribution in [1.82, 2.24) is 0 Å². The zero-order valence-corrected chi connectivity index (χ0v) is 57.0. The molecule has 0 aliphatic heterocycles. The molecule has 0 atom stereocenters. The molecule has 0 aromatic heterocycles. The van der Waals surface area contributed by atoms with E-state index >= 15 is 0 Å². The smallest absolute Gasteiger partial charge is 0.00200 e. The topological polar surface area (TPSA) is 0 Å². The summed E-state index contributed by atoms with van der Waals surface area (Å²) in [5.41, 5.74) is 21.6. The van der Waals surface area contributed by atoms with Gasteiger partial charge in [0, 0.05) is 0 Å². The van der Waals surface area contributed by atoms with E-state index in [2.05, 4.69) is 343 Å². The molecule has 0 heteroatoms. The van der Waals surface area contributed by atoms with Gasteiger partial charge in [-0.1, -0.05) is 357 Å². The van der Waals surface area contributed by atoms with Crippen LogP contribution in [0.5, 0.6) is 0 Å². The summed E-state index contributed by atoms with van der Waals surface area (Å²) in [6.45, 7) is 34.7. The second-order valence-electron chi connectivity index (χ2n) is 25.9. The molecule has 0 fully saturated rings. The van der Waals surface area contributed by atoms with E-state index in [1.165, 1.54) is 160 Å². The molecule has 0 N–H and O–H groups in total. The van der Waals surface area contributed by atoms with E-state index in [4.69, 9.17) is 0 Å². The van der Waals surface area contributed by atoms with Crippen LogP contribution in [0.3, 0.4) is 0 Å². The first-order valence-electron chi connectivity index (χ1n) is 33.6. The number of rotatable bonds is 8. The van der Waals surface area contributed by atoms with Crippen molar-refractivity contribution in [1.29, 1.82) is 0 Å². The van der Waals surface area contributed by atoms with Gasteiger partial charge in [0.2, 0.25) is 0 Å². The number of benzene rings is 14. The molecule has 0 unspecified atom stereocenters. The number of aryl methyl sites for hydroxylation is 1. The fourth-order valence-corrected chi connectivity index (χ4v) is 12.9. The van der Waals surface area contributed by atoms with Gasteiger partial charge in [-0.05, 0) is 196 Å². The lowest BCUT2D eigenvalue weighted by Crippen LogP contribution is -2.11. The maximum atomic E-state index is 4.29. The molecule has 14 aromatic carbocycles.